The Morgan fingerprint density at radius 1 is 1.21 bits per heavy atom. The van der Waals surface area contributed by atoms with Crippen molar-refractivity contribution in [2.75, 3.05) is 13.1 Å². The van der Waals surface area contributed by atoms with Gasteiger partial charge in [-0.3, -0.25) is 4.79 Å². The lowest BCUT2D eigenvalue weighted by Crippen LogP contribution is -2.36. The molecule has 2 rings (SSSR count). The molecule has 0 saturated heterocycles. The topological polar surface area (TPSA) is 20.3 Å². The minimum Gasteiger partial charge on any atom is -0.335 e. The molecule has 0 radical (unpaired) electrons. The number of carbonyl (C=O) groups excluding carboxylic acids is 1. The second kappa shape index (κ2) is 5.16. The number of rotatable bonds is 1. The fourth-order valence-corrected chi connectivity index (χ4v) is 2.31. The highest BCUT2D eigenvalue weighted by molar-refractivity contribution is 5.94. The molecule has 0 aliphatic carbocycles. The van der Waals surface area contributed by atoms with Crippen LogP contribution in [-0.4, -0.2) is 23.9 Å². The summed E-state index contributed by atoms with van der Waals surface area (Å²) in [4.78, 5) is 14.0. The van der Waals surface area contributed by atoms with Gasteiger partial charge in [-0.15, -0.1) is 0 Å². The van der Waals surface area contributed by atoms with Crippen LogP contribution in [0.4, 0.5) is 4.39 Å². The van der Waals surface area contributed by atoms with E-state index < -0.39 is 0 Å². The van der Waals surface area contributed by atoms with E-state index in [0.29, 0.717) is 12.1 Å². The van der Waals surface area contributed by atoms with Crippen molar-refractivity contribution in [2.24, 2.45) is 5.41 Å². The zero-order chi connectivity index (χ0) is 14.0. The third kappa shape index (κ3) is 3.22. The summed E-state index contributed by atoms with van der Waals surface area (Å²) < 4.78 is 12.8. The molecule has 2 nitrogen and oxygen atoms in total. The molecule has 0 aromatic heterocycles. The summed E-state index contributed by atoms with van der Waals surface area (Å²) in [7, 11) is 0. The monoisotopic (exact) mass is 261 g/mol. The highest BCUT2D eigenvalue weighted by atomic mass is 19.1. The van der Waals surface area contributed by atoms with Crippen LogP contribution in [0.2, 0.25) is 0 Å². The molecule has 3 heteroatoms. The van der Waals surface area contributed by atoms with Crippen LogP contribution in [-0.2, 0) is 0 Å². The molecule has 1 aliphatic rings. The van der Waals surface area contributed by atoms with Gasteiger partial charge in [0.25, 0.3) is 5.91 Å². The van der Waals surface area contributed by atoms with Crippen LogP contribution in [0.25, 0.3) is 0 Å². The van der Waals surface area contributed by atoms with Gasteiger partial charge in [-0.25, -0.2) is 4.39 Å². The van der Waals surface area contributed by atoms with E-state index in [0.717, 1.165) is 13.0 Å². The maximum atomic E-state index is 12.8. The Morgan fingerprint density at radius 2 is 1.84 bits per heavy atom. The largest absolute Gasteiger partial charge is 0.335 e. The highest BCUT2D eigenvalue weighted by Gasteiger charge is 2.24. The van der Waals surface area contributed by atoms with Crippen molar-refractivity contribution < 1.29 is 9.18 Å². The lowest BCUT2D eigenvalue weighted by molar-refractivity contribution is 0.0765. The molecular formula is C16H20FNO. The molecule has 1 amide bonds. The second-order valence-electron chi connectivity index (χ2n) is 5.99. The van der Waals surface area contributed by atoms with Gasteiger partial charge in [0, 0.05) is 18.7 Å². The maximum absolute atomic E-state index is 12.8. The molecule has 0 bridgehead atoms. The van der Waals surface area contributed by atoms with Gasteiger partial charge < -0.3 is 4.90 Å². The standard InChI is InChI=1S/C16H20FNO/c1-16(2,3)13-8-10-18(11-9-13)15(19)12-4-6-14(17)7-5-12/h4-8H,9-11H2,1-3H3. The Kier molecular flexibility index (Phi) is 3.74. The Balaban J connectivity index is 2.07. The number of carbonyl (C=O) groups is 1. The van der Waals surface area contributed by atoms with Crippen molar-refractivity contribution >= 4 is 5.91 Å². The van der Waals surface area contributed by atoms with Crippen LogP contribution in [0.3, 0.4) is 0 Å². The third-order valence-electron chi connectivity index (χ3n) is 3.55. The number of hydrogen-bond acceptors (Lipinski definition) is 1. The number of benzene rings is 1. The fourth-order valence-electron chi connectivity index (χ4n) is 2.31. The van der Waals surface area contributed by atoms with Crippen molar-refractivity contribution in [1.82, 2.24) is 4.90 Å². The number of hydrogen-bond donors (Lipinski definition) is 0. The summed E-state index contributed by atoms with van der Waals surface area (Å²) >= 11 is 0. The van der Waals surface area contributed by atoms with Crippen molar-refractivity contribution in [3.63, 3.8) is 0 Å². The second-order valence-corrected chi connectivity index (χ2v) is 5.99. The molecular weight excluding hydrogens is 241 g/mol. The van der Waals surface area contributed by atoms with Gasteiger partial charge in [0.2, 0.25) is 0 Å². The fraction of sp³-hybridized carbons (Fsp3) is 0.438. The Morgan fingerprint density at radius 3 is 2.32 bits per heavy atom. The van der Waals surface area contributed by atoms with Crippen LogP contribution in [0.15, 0.2) is 35.9 Å². The maximum Gasteiger partial charge on any atom is 0.254 e. The van der Waals surface area contributed by atoms with E-state index in [2.05, 4.69) is 26.8 Å². The summed E-state index contributed by atoms with van der Waals surface area (Å²) in [5.41, 5.74) is 2.12. The number of halogens is 1. The molecule has 0 atom stereocenters. The average Bonchev–Trinajstić information content (AvgIpc) is 2.38. The molecule has 0 unspecified atom stereocenters. The number of amides is 1. The van der Waals surface area contributed by atoms with Gasteiger partial charge in [0.15, 0.2) is 0 Å². The molecule has 19 heavy (non-hydrogen) atoms. The zero-order valence-electron chi connectivity index (χ0n) is 11.7. The zero-order valence-corrected chi connectivity index (χ0v) is 11.7. The summed E-state index contributed by atoms with van der Waals surface area (Å²) in [5.74, 6) is -0.339. The smallest absolute Gasteiger partial charge is 0.254 e. The highest BCUT2D eigenvalue weighted by Crippen LogP contribution is 2.30. The predicted molar refractivity (Wildman–Crippen MR) is 74.5 cm³/mol. The Bertz CT molecular complexity index is 496. The molecule has 1 aromatic rings. The minimum atomic E-state index is -0.315. The summed E-state index contributed by atoms with van der Waals surface area (Å²) in [6.07, 6.45) is 3.06. The molecule has 0 saturated carbocycles. The molecule has 0 spiro atoms. The van der Waals surface area contributed by atoms with E-state index in [9.17, 15) is 9.18 Å². The SMILES string of the molecule is CC(C)(C)C1=CCN(C(=O)c2ccc(F)cc2)CC1. The van der Waals surface area contributed by atoms with Crippen LogP contribution in [0.1, 0.15) is 37.6 Å². The lowest BCUT2D eigenvalue weighted by atomic mass is 9.83. The van der Waals surface area contributed by atoms with E-state index in [1.54, 1.807) is 12.1 Å². The minimum absolute atomic E-state index is 0.0239. The van der Waals surface area contributed by atoms with E-state index in [1.165, 1.54) is 17.7 Å². The van der Waals surface area contributed by atoms with Crippen LogP contribution < -0.4 is 0 Å². The first-order valence-electron chi connectivity index (χ1n) is 6.62. The molecule has 0 fully saturated rings. The van der Waals surface area contributed by atoms with Gasteiger partial charge in [-0.05, 0) is 36.1 Å². The van der Waals surface area contributed by atoms with E-state index in [1.807, 2.05) is 4.90 Å². The summed E-state index contributed by atoms with van der Waals surface area (Å²) in [6, 6.07) is 5.74. The summed E-state index contributed by atoms with van der Waals surface area (Å²) in [6.45, 7) is 7.95. The van der Waals surface area contributed by atoms with Gasteiger partial charge in [0.05, 0.1) is 0 Å². The molecule has 1 aromatic carbocycles. The van der Waals surface area contributed by atoms with Crippen molar-refractivity contribution in [1.29, 1.82) is 0 Å². The first-order valence-corrected chi connectivity index (χ1v) is 6.62. The van der Waals surface area contributed by atoms with Gasteiger partial charge in [0.1, 0.15) is 5.82 Å². The molecule has 0 N–H and O–H groups in total. The van der Waals surface area contributed by atoms with Crippen LogP contribution in [0, 0.1) is 11.2 Å². The van der Waals surface area contributed by atoms with Crippen LogP contribution in [0.5, 0.6) is 0 Å². The third-order valence-corrected chi connectivity index (χ3v) is 3.55. The first-order chi connectivity index (χ1) is 8.88. The molecule has 1 heterocycles. The summed E-state index contributed by atoms with van der Waals surface area (Å²) in [5, 5.41) is 0. The van der Waals surface area contributed by atoms with Crippen molar-refractivity contribution in [3.05, 3.63) is 47.3 Å². The first kappa shape index (κ1) is 13.8. The Hall–Kier alpha value is -1.64. The predicted octanol–water partition coefficient (Wildman–Crippen LogP) is 3.64. The normalized spacial score (nSPS) is 16.2. The number of nitrogens with zero attached hydrogens (tertiary/aromatic N) is 1. The molecule has 102 valence electrons. The van der Waals surface area contributed by atoms with Gasteiger partial charge >= 0.3 is 0 Å². The Labute approximate surface area is 113 Å². The average molecular weight is 261 g/mol. The van der Waals surface area contributed by atoms with Gasteiger partial charge in [-0.1, -0.05) is 32.4 Å². The molecule has 1 aliphatic heterocycles. The van der Waals surface area contributed by atoms with E-state index in [4.69, 9.17) is 0 Å². The quantitative estimate of drug-likeness (QED) is 0.707. The van der Waals surface area contributed by atoms with Crippen LogP contribution >= 0.6 is 0 Å². The van der Waals surface area contributed by atoms with Gasteiger partial charge in [-0.2, -0.15) is 0 Å². The van der Waals surface area contributed by atoms with Crippen molar-refractivity contribution in [2.45, 2.75) is 27.2 Å². The van der Waals surface area contributed by atoms with E-state index >= 15 is 0 Å². The van der Waals surface area contributed by atoms with E-state index in [-0.39, 0.29) is 17.1 Å². The van der Waals surface area contributed by atoms with Crippen molar-refractivity contribution in [3.8, 4) is 0 Å². The lowest BCUT2D eigenvalue weighted by Gasteiger charge is -2.32.